The van der Waals surface area contributed by atoms with E-state index in [1.807, 2.05) is 6.07 Å². The summed E-state index contributed by atoms with van der Waals surface area (Å²) in [6.45, 7) is 2.48. The third-order valence-electron chi connectivity index (χ3n) is 6.27. The number of halogens is 1. The Labute approximate surface area is 163 Å². The number of aliphatic hydroxyl groups is 1. The number of hydrogen-bond donors (Lipinski definition) is 2. The molecule has 4 heteroatoms. The van der Waals surface area contributed by atoms with Gasteiger partial charge in [0.15, 0.2) is 0 Å². The molecular formula is C23H34FNO2. The van der Waals surface area contributed by atoms with Crippen molar-refractivity contribution >= 4 is 0 Å². The van der Waals surface area contributed by atoms with E-state index < -0.39 is 5.60 Å². The molecule has 0 amide bonds. The van der Waals surface area contributed by atoms with Gasteiger partial charge in [-0.1, -0.05) is 24.3 Å². The van der Waals surface area contributed by atoms with Crippen LogP contribution in [0.5, 0.6) is 0 Å². The summed E-state index contributed by atoms with van der Waals surface area (Å²) in [5, 5.41) is 15.4. The topological polar surface area (TPSA) is 41.5 Å². The Hall–Kier alpha value is -1.23. The molecule has 2 unspecified atom stereocenters. The normalized spacial score (nSPS) is 25.3. The molecular weight excluding hydrogens is 341 g/mol. The molecule has 1 aliphatic heterocycles. The van der Waals surface area contributed by atoms with Crippen LogP contribution in [0.15, 0.2) is 30.4 Å². The average molecular weight is 376 g/mol. The van der Waals surface area contributed by atoms with Gasteiger partial charge in [0.1, 0.15) is 5.82 Å². The number of nitrogens with one attached hydrogen (secondary N) is 1. The summed E-state index contributed by atoms with van der Waals surface area (Å²) in [6, 6.07) is 5.27. The van der Waals surface area contributed by atoms with E-state index in [1.54, 1.807) is 19.2 Å². The molecule has 150 valence electrons. The van der Waals surface area contributed by atoms with E-state index in [1.165, 1.54) is 0 Å². The van der Waals surface area contributed by atoms with Gasteiger partial charge in [-0.2, -0.15) is 0 Å². The van der Waals surface area contributed by atoms with Crippen LogP contribution in [0.3, 0.4) is 0 Å². The average Bonchev–Trinajstić information content (AvgIpc) is 2.72. The van der Waals surface area contributed by atoms with Gasteiger partial charge in [-0.05, 0) is 69.5 Å². The van der Waals surface area contributed by atoms with Gasteiger partial charge in [-0.3, -0.25) is 0 Å². The van der Waals surface area contributed by atoms with E-state index in [-0.39, 0.29) is 17.7 Å². The molecule has 3 atom stereocenters. The number of hydrogen-bond acceptors (Lipinski definition) is 3. The van der Waals surface area contributed by atoms with Gasteiger partial charge in [0.25, 0.3) is 0 Å². The van der Waals surface area contributed by atoms with Gasteiger partial charge in [-0.25, -0.2) is 4.39 Å². The maximum atomic E-state index is 15.0. The molecule has 0 saturated carbocycles. The molecule has 1 aromatic rings. The minimum Gasteiger partial charge on any atom is -0.385 e. The lowest BCUT2D eigenvalue weighted by Gasteiger charge is -2.41. The van der Waals surface area contributed by atoms with Gasteiger partial charge >= 0.3 is 0 Å². The Morgan fingerprint density at radius 1 is 1.26 bits per heavy atom. The molecule has 0 aromatic heterocycles. The molecule has 27 heavy (non-hydrogen) atoms. The first-order chi connectivity index (χ1) is 13.2. The third kappa shape index (κ3) is 4.79. The molecule has 0 spiro atoms. The van der Waals surface area contributed by atoms with Crippen LogP contribution in [0.1, 0.15) is 68.4 Å². The summed E-state index contributed by atoms with van der Waals surface area (Å²) in [6.07, 6.45) is 11.8. The minimum absolute atomic E-state index is 0.0667. The van der Waals surface area contributed by atoms with Crippen LogP contribution in [0.25, 0.3) is 0 Å². The molecule has 2 aliphatic rings. The van der Waals surface area contributed by atoms with Crippen LogP contribution in [0.2, 0.25) is 0 Å². The second-order valence-corrected chi connectivity index (χ2v) is 8.08. The molecule has 3 nitrogen and oxygen atoms in total. The van der Waals surface area contributed by atoms with E-state index in [9.17, 15) is 9.50 Å². The lowest BCUT2D eigenvalue weighted by atomic mass is 9.71. The van der Waals surface area contributed by atoms with Crippen molar-refractivity contribution in [3.63, 3.8) is 0 Å². The van der Waals surface area contributed by atoms with Crippen molar-refractivity contribution in [3.05, 3.63) is 47.3 Å². The Morgan fingerprint density at radius 2 is 2.15 bits per heavy atom. The second-order valence-electron chi connectivity index (χ2n) is 8.08. The van der Waals surface area contributed by atoms with Gasteiger partial charge in [0.2, 0.25) is 0 Å². The van der Waals surface area contributed by atoms with Gasteiger partial charge in [0, 0.05) is 37.7 Å². The summed E-state index contributed by atoms with van der Waals surface area (Å²) < 4.78 is 20.2. The summed E-state index contributed by atoms with van der Waals surface area (Å²) in [5.41, 5.74) is 0.530. The van der Waals surface area contributed by atoms with Crippen LogP contribution in [-0.4, -0.2) is 31.9 Å². The molecule has 0 radical (unpaired) electrons. The van der Waals surface area contributed by atoms with Crippen molar-refractivity contribution in [1.29, 1.82) is 0 Å². The van der Waals surface area contributed by atoms with Crippen molar-refractivity contribution in [2.75, 3.05) is 26.8 Å². The first-order valence-corrected chi connectivity index (χ1v) is 10.5. The smallest absolute Gasteiger partial charge is 0.127 e. The summed E-state index contributed by atoms with van der Waals surface area (Å²) >= 11 is 0. The minimum atomic E-state index is -0.996. The Morgan fingerprint density at radius 3 is 2.85 bits per heavy atom. The lowest BCUT2D eigenvalue weighted by molar-refractivity contribution is -0.0445. The van der Waals surface area contributed by atoms with Crippen LogP contribution >= 0.6 is 0 Å². The number of rotatable bonds is 8. The molecule has 1 saturated heterocycles. The highest BCUT2D eigenvalue weighted by molar-refractivity contribution is 5.39. The predicted molar refractivity (Wildman–Crippen MR) is 107 cm³/mol. The van der Waals surface area contributed by atoms with Gasteiger partial charge < -0.3 is 15.2 Å². The van der Waals surface area contributed by atoms with Crippen molar-refractivity contribution in [2.45, 2.75) is 62.9 Å². The van der Waals surface area contributed by atoms with Gasteiger partial charge in [0.05, 0.1) is 5.60 Å². The highest BCUT2D eigenvalue weighted by Gasteiger charge is 2.41. The Bertz CT molecular complexity index is 627. The quantitative estimate of drug-likeness (QED) is 0.513. The number of ether oxygens (including phenoxy) is 1. The number of piperidine rings is 1. The zero-order valence-electron chi connectivity index (χ0n) is 16.6. The number of methoxy groups -OCH3 is 1. The predicted octanol–water partition coefficient (Wildman–Crippen LogP) is 4.65. The van der Waals surface area contributed by atoms with Crippen LogP contribution in [-0.2, 0) is 10.3 Å². The second kappa shape index (κ2) is 9.81. The van der Waals surface area contributed by atoms with E-state index in [0.717, 1.165) is 63.6 Å². The number of benzene rings is 1. The Kier molecular flexibility index (Phi) is 7.45. The van der Waals surface area contributed by atoms with Crippen molar-refractivity contribution < 1.29 is 14.2 Å². The van der Waals surface area contributed by atoms with Crippen LogP contribution in [0, 0.1) is 11.7 Å². The van der Waals surface area contributed by atoms with Crippen LogP contribution < -0.4 is 5.32 Å². The van der Waals surface area contributed by atoms with Crippen molar-refractivity contribution in [3.8, 4) is 0 Å². The first kappa shape index (κ1) is 20.5. The largest absolute Gasteiger partial charge is 0.385 e. The van der Waals surface area contributed by atoms with E-state index in [0.29, 0.717) is 18.6 Å². The molecule has 3 rings (SSSR count). The van der Waals surface area contributed by atoms with Gasteiger partial charge in [-0.15, -0.1) is 0 Å². The highest BCUT2D eigenvalue weighted by Crippen LogP contribution is 2.44. The highest BCUT2D eigenvalue weighted by atomic mass is 19.1. The summed E-state index contributed by atoms with van der Waals surface area (Å²) in [5.74, 6) is 0.00190. The Balaban J connectivity index is 1.96. The SMILES string of the molecule is COCCCCC(O)(c1cccc(F)c1C1C=CCCC1)[C@@H]1CCCNC1. The fourth-order valence-electron chi connectivity index (χ4n) is 4.80. The molecule has 1 aromatic carbocycles. The van der Waals surface area contributed by atoms with E-state index >= 15 is 0 Å². The zero-order chi connectivity index (χ0) is 19.1. The summed E-state index contributed by atoms with van der Waals surface area (Å²) in [4.78, 5) is 0. The fraction of sp³-hybridized carbons (Fsp3) is 0.652. The van der Waals surface area contributed by atoms with Crippen molar-refractivity contribution in [1.82, 2.24) is 5.32 Å². The molecule has 1 aliphatic carbocycles. The zero-order valence-corrected chi connectivity index (χ0v) is 16.6. The fourth-order valence-corrected chi connectivity index (χ4v) is 4.80. The van der Waals surface area contributed by atoms with E-state index in [4.69, 9.17) is 4.74 Å². The molecule has 1 fully saturated rings. The van der Waals surface area contributed by atoms with E-state index in [2.05, 4.69) is 17.5 Å². The molecule has 2 N–H and O–H groups in total. The summed E-state index contributed by atoms with van der Waals surface area (Å²) in [7, 11) is 1.71. The molecule has 0 bridgehead atoms. The maximum absolute atomic E-state index is 15.0. The monoisotopic (exact) mass is 375 g/mol. The number of unbranched alkanes of at least 4 members (excludes halogenated alkanes) is 1. The third-order valence-corrected chi connectivity index (χ3v) is 6.27. The lowest BCUT2D eigenvalue weighted by Crippen LogP contribution is -2.45. The number of allylic oxidation sites excluding steroid dienone is 2. The van der Waals surface area contributed by atoms with Crippen LogP contribution in [0.4, 0.5) is 4.39 Å². The van der Waals surface area contributed by atoms with Crippen molar-refractivity contribution in [2.24, 2.45) is 5.92 Å². The first-order valence-electron chi connectivity index (χ1n) is 10.5. The molecule has 1 heterocycles. The standard InChI is InChI=1S/C23H34FNO2/c1-27-16-6-5-14-23(26,19-11-8-15-25-17-19)20-12-7-13-21(24)22(20)18-9-3-2-4-10-18/h3,7,9,12-13,18-19,25-26H,2,4-6,8,10-11,14-17H2,1H3/t18?,19-,23?/m1/s1. The maximum Gasteiger partial charge on any atom is 0.127 e.